The highest BCUT2D eigenvalue weighted by molar-refractivity contribution is 7.87. The van der Waals surface area contributed by atoms with Crippen LogP contribution in [0.1, 0.15) is 51.4 Å². The maximum atomic E-state index is 12.3. The Morgan fingerprint density at radius 3 is 2.45 bits per heavy atom. The van der Waals surface area contributed by atoms with E-state index in [1.54, 1.807) is 4.31 Å². The summed E-state index contributed by atoms with van der Waals surface area (Å²) >= 11 is 0. The monoisotopic (exact) mass is 303 g/mol. The highest BCUT2D eigenvalue weighted by Gasteiger charge is 2.28. The fraction of sp³-hybridized carbons (Fsp3) is 1.00. The molecule has 0 aromatic rings. The average molecular weight is 303 g/mol. The van der Waals surface area contributed by atoms with Crippen molar-refractivity contribution in [3.05, 3.63) is 0 Å². The zero-order chi connectivity index (χ0) is 14.4. The second kappa shape index (κ2) is 7.73. The predicted octanol–water partition coefficient (Wildman–Crippen LogP) is 1.46. The fourth-order valence-electron chi connectivity index (χ4n) is 3.40. The number of rotatable bonds is 6. The quantitative estimate of drug-likeness (QED) is 0.780. The number of nitrogens with zero attached hydrogens (tertiary/aromatic N) is 1. The molecule has 0 radical (unpaired) electrons. The second-order valence-electron chi connectivity index (χ2n) is 6.29. The van der Waals surface area contributed by atoms with Gasteiger partial charge in [0, 0.05) is 19.6 Å². The largest absolute Gasteiger partial charge is 0.330 e. The van der Waals surface area contributed by atoms with E-state index in [2.05, 4.69) is 4.72 Å². The topological polar surface area (TPSA) is 75.4 Å². The third-order valence-corrected chi connectivity index (χ3v) is 6.30. The summed E-state index contributed by atoms with van der Waals surface area (Å²) in [5.74, 6) is 1.03. The van der Waals surface area contributed by atoms with Gasteiger partial charge >= 0.3 is 0 Å². The van der Waals surface area contributed by atoms with Crippen LogP contribution in [0.4, 0.5) is 0 Å². The van der Waals surface area contributed by atoms with E-state index in [-0.39, 0.29) is 0 Å². The molecule has 0 bridgehead atoms. The number of hydrogen-bond acceptors (Lipinski definition) is 3. The third-order valence-electron chi connectivity index (χ3n) is 4.72. The highest BCUT2D eigenvalue weighted by Crippen LogP contribution is 2.26. The van der Waals surface area contributed by atoms with Gasteiger partial charge in [-0.05, 0) is 37.6 Å². The molecule has 1 atom stereocenters. The Labute approximate surface area is 123 Å². The Morgan fingerprint density at radius 2 is 1.75 bits per heavy atom. The first-order valence-corrected chi connectivity index (χ1v) is 9.50. The lowest BCUT2D eigenvalue weighted by molar-refractivity contribution is 0.267. The summed E-state index contributed by atoms with van der Waals surface area (Å²) in [5, 5.41) is 0. The van der Waals surface area contributed by atoms with Gasteiger partial charge in [0.2, 0.25) is 0 Å². The van der Waals surface area contributed by atoms with Crippen molar-refractivity contribution in [1.82, 2.24) is 9.03 Å². The molecular weight excluding hydrogens is 274 g/mol. The summed E-state index contributed by atoms with van der Waals surface area (Å²) in [6.07, 6.45) is 9.44. The van der Waals surface area contributed by atoms with E-state index >= 15 is 0 Å². The van der Waals surface area contributed by atoms with Crippen molar-refractivity contribution in [3.8, 4) is 0 Å². The molecule has 0 amide bonds. The number of hydrogen-bond donors (Lipinski definition) is 2. The SMILES string of the molecule is NCC1CCCN(S(=O)(=O)NCCC2CCCCC2)C1. The van der Waals surface area contributed by atoms with Crippen LogP contribution in [0.5, 0.6) is 0 Å². The number of nitrogens with two attached hydrogens (primary N) is 1. The van der Waals surface area contributed by atoms with Crippen molar-refractivity contribution in [2.75, 3.05) is 26.2 Å². The Bertz CT molecular complexity index is 380. The summed E-state index contributed by atoms with van der Waals surface area (Å²) in [6.45, 7) is 2.37. The summed E-state index contributed by atoms with van der Waals surface area (Å²) in [5.41, 5.74) is 5.66. The van der Waals surface area contributed by atoms with Crippen LogP contribution in [0.25, 0.3) is 0 Å². The maximum absolute atomic E-state index is 12.3. The first-order chi connectivity index (χ1) is 9.62. The van der Waals surface area contributed by atoms with E-state index in [9.17, 15) is 8.42 Å². The van der Waals surface area contributed by atoms with E-state index in [0.717, 1.165) is 19.3 Å². The lowest BCUT2D eigenvalue weighted by Crippen LogP contribution is -2.47. The van der Waals surface area contributed by atoms with Crippen LogP contribution in [0.2, 0.25) is 0 Å². The van der Waals surface area contributed by atoms with Gasteiger partial charge in [-0.1, -0.05) is 32.1 Å². The van der Waals surface area contributed by atoms with Gasteiger partial charge in [0.1, 0.15) is 0 Å². The molecule has 6 heteroatoms. The van der Waals surface area contributed by atoms with Gasteiger partial charge in [-0.25, -0.2) is 4.72 Å². The molecule has 0 aromatic carbocycles. The van der Waals surface area contributed by atoms with E-state index in [4.69, 9.17) is 5.73 Å². The van der Waals surface area contributed by atoms with Gasteiger partial charge in [0.15, 0.2) is 0 Å². The number of piperidine rings is 1. The molecule has 1 heterocycles. The smallest absolute Gasteiger partial charge is 0.279 e. The van der Waals surface area contributed by atoms with Crippen molar-refractivity contribution in [2.24, 2.45) is 17.6 Å². The highest BCUT2D eigenvalue weighted by atomic mass is 32.2. The van der Waals surface area contributed by atoms with Gasteiger partial charge in [-0.15, -0.1) is 0 Å². The minimum atomic E-state index is -3.30. The summed E-state index contributed by atoms with van der Waals surface area (Å²) in [4.78, 5) is 0. The minimum Gasteiger partial charge on any atom is -0.330 e. The molecule has 3 N–H and O–H groups in total. The molecule has 118 valence electrons. The van der Waals surface area contributed by atoms with Crippen molar-refractivity contribution in [2.45, 2.75) is 51.4 Å². The number of nitrogens with one attached hydrogen (secondary N) is 1. The van der Waals surface area contributed by atoms with Crippen molar-refractivity contribution < 1.29 is 8.42 Å². The van der Waals surface area contributed by atoms with E-state index in [1.165, 1.54) is 32.1 Å². The molecule has 20 heavy (non-hydrogen) atoms. The zero-order valence-corrected chi connectivity index (χ0v) is 13.2. The Hall–Kier alpha value is -0.170. The molecule has 5 nitrogen and oxygen atoms in total. The van der Waals surface area contributed by atoms with Crippen LogP contribution in [0, 0.1) is 11.8 Å². The maximum Gasteiger partial charge on any atom is 0.279 e. The molecule has 1 aliphatic heterocycles. The molecular formula is C14H29N3O2S. The van der Waals surface area contributed by atoms with Gasteiger partial charge in [-0.2, -0.15) is 12.7 Å². The lowest BCUT2D eigenvalue weighted by Gasteiger charge is -2.31. The van der Waals surface area contributed by atoms with Crippen LogP contribution in [-0.2, 0) is 10.2 Å². The van der Waals surface area contributed by atoms with Crippen molar-refractivity contribution in [3.63, 3.8) is 0 Å². The second-order valence-corrected chi connectivity index (χ2v) is 8.05. The molecule has 1 aliphatic carbocycles. The molecule has 2 rings (SSSR count). The Kier molecular flexibility index (Phi) is 6.26. The Morgan fingerprint density at radius 1 is 1.05 bits per heavy atom. The lowest BCUT2D eigenvalue weighted by atomic mass is 9.87. The van der Waals surface area contributed by atoms with E-state index in [1.807, 2.05) is 0 Å². The normalized spacial score (nSPS) is 26.8. The van der Waals surface area contributed by atoms with Gasteiger partial charge in [-0.3, -0.25) is 0 Å². The van der Waals surface area contributed by atoms with E-state index < -0.39 is 10.2 Å². The molecule has 1 saturated carbocycles. The predicted molar refractivity (Wildman–Crippen MR) is 81.5 cm³/mol. The van der Waals surface area contributed by atoms with Crippen molar-refractivity contribution in [1.29, 1.82) is 0 Å². The molecule has 0 aromatic heterocycles. The minimum absolute atomic E-state index is 0.318. The van der Waals surface area contributed by atoms with Crippen LogP contribution in [0.15, 0.2) is 0 Å². The average Bonchev–Trinajstić information content (AvgIpc) is 2.48. The van der Waals surface area contributed by atoms with Gasteiger partial charge in [0.05, 0.1) is 0 Å². The standard InChI is InChI=1S/C14H29N3O2S/c15-11-14-7-4-10-17(12-14)20(18,19)16-9-8-13-5-2-1-3-6-13/h13-14,16H,1-12,15H2. The van der Waals surface area contributed by atoms with Crippen LogP contribution in [0.3, 0.4) is 0 Å². The first-order valence-electron chi connectivity index (χ1n) is 8.06. The molecule has 0 spiro atoms. The van der Waals surface area contributed by atoms with Crippen LogP contribution < -0.4 is 10.5 Å². The molecule has 1 saturated heterocycles. The van der Waals surface area contributed by atoms with E-state index in [0.29, 0.717) is 38.0 Å². The summed E-state index contributed by atoms with van der Waals surface area (Å²) in [6, 6.07) is 0. The molecule has 2 aliphatic rings. The van der Waals surface area contributed by atoms with Crippen LogP contribution >= 0.6 is 0 Å². The van der Waals surface area contributed by atoms with Gasteiger partial charge in [0.25, 0.3) is 10.2 Å². The zero-order valence-electron chi connectivity index (χ0n) is 12.4. The first kappa shape index (κ1) is 16.2. The summed E-state index contributed by atoms with van der Waals surface area (Å²) < 4.78 is 28.9. The third kappa shape index (κ3) is 4.69. The Balaban J connectivity index is 1.75. The summed E-state index contributed by atoms with van der Waals surface area (Å²) in [7, 11) is -3.30. The fourth-order valence-corrected chi connectivity index (χ4v) is 4.73. The van der Waals surface area contributed by atoms with Crippen LogP contribution in [-0.4, -0.2) is 38.9 Å². The molecule has 1 unspecified atom stereocenters. The van der Waals surface area contributed by atoms with Crippen molar-refractivity contribution >= 4 is 10.2 Å². The molecule has 2 fully saturated rings. The van der Waals surface area contributed by atoms with Gasteiger partial charge < -0.3 is 5.73 Å².